The molecule has 128 valence electrons. The molecular formula is C18H26O5. The standard InChI is InChI=1S/C18H26O5/c19-13-14-10-11-16(23-18-9-5-6-12-22-18)15(14)7-3-1-2-4-8-17(20)21/h13-16,18H,2,4-12H2,(H,20,21). The Kier molecular flexibility index (Phi) is 7.57. The largest absolute Gasteiger partial charge is 0.481 e. The molecule has 1 aliphatic carbocycles. The first-order valence-corrected chi connectivity index (χ1v) is 8.60. The van der Waals surface area contributed by atoms with E-state index in [1.165, 1.54) is 0 Å². The van der Waals surface area contributed by atoms with Crippen LogP contribution in [-0.4, -0.2) is 36.4 Å². The van der Waals surface area contributed by atoms with Crippen LogP contribution in [0.4, 0.5) is 0 Å². The van der Waals surface area contributed by atoms with Gasteiger partial charge >= 0.3 is 5.97 Å². The first kappa shape index (κ1) is 18.0. The van der Waals surface area contributed by atoms with Crippen LogP contribution in [0.3, 0.4) is 0 Å². The minimum Gasteiger partial charge on any atom is -0.481 e. The Balaban J connectivity index is 1.80. The van der Waals surface area contributed by atoms with E-state index in [0.717, 1.165) is 45.0 Å². The van der Waals surface area contributed by atoms with E-state index in [0.29, 0.717) is 19.3 Å². The SMILES string of the molecule is O=CC1CCC(OC2CCCCO2)C1CC#CCCCC(=O)O. The number of hydrogen-bond acceptors (Lipinski definition) is 4. The maximum Gasteiger partial charge on any atom is 0.303 e. The van der Waals surface area contributed by atoms with E-state index in [1.807, 2.05) is 0 Å². The van der Waals surface area contributed by atoms with Crippen LogP contribution in [0, 0.1) is 23.7 Å². The number of rotatable bonds is 7. The highest BCUT2D eigenvalue weighted by atomic mass is 16.7. The fraction of sp³-hybridized carbons (Fsp3) is 0.778. The third-order valence-electron chi connectivity index (χ3n) is 4.61. The Labute approximate surface area is 137 Å². The van der Waals surface area contributed by atoms with Gasteiger partial charge in [-0.25, -0.2) is 0 Å². The molecule has 2 fully saturated rings. The van der Waals surface area contributed by atoms with E-state index in [4.69, 9.17) is 14.6 Å². The average Bonchev–Trinajstić information content (AvgIpc) is 2.93. The smallest absolute Gasteiger partial charge is 0.303 e. The lowest BCUT2D eigenvalue weighted by molar-refractivity contribution is -0.195. The molecule has 1 N–H and O–H groups in total. The summed E-state index contributed by atoms with van der Waals surface area (Å²) in [6.45, 7) is 0.753. The van der Waals surface area contributed by atoms with Crippen molar-refractivity contribution >= 4 is 12.3 Å². The zero-order valence-corrected chi connectivity index (χ0v) is 13.5. The van der Waals surface area contributed by atoms with Crippen LogP contribution in [-0.2, 0) is 19.1 Å². The Hall–Kier alpha value is -1.38. The molecule has 1 aliphatic heterocycles. The minimum absolute atomic E-state index is 0.0110. The lowest BCUT2D eigenvalue weighted by Crippen LogP contribution is -2.31. The molecule has 5 nitrogen and oxygen atoms in total. The maximum atomic E-state index is 11.3. The quantitative estimate of drug-likeness (QED) is 0.443. The molecule has 1 saturated heterocycles. The van der Waals surface area contributed by atoms with Gasteiger partial charge in [-0.2, -0.15) is 0 Å². The summed E-state index contributed by atoms with van der Waals surface area (Å²) < 4.78 is 11.7. The molecule has 5 heteroatoms. The van der Waals surface area contributed by atoms with E-state index in [2.05, 4.69) is 11.8 Å². The second-order valence-electron chi connectivity index (χ2n) is 6.32. The molecule has 2 aliphatic rings. The summed E-state index contributed by atoms with van der Waals surface area (Å²) in [5.74, 6) is 5.48. The van der Waals surface area contributed by atoms with Gasteiger partial charge in [-0.15, -0.1) is 11.8 Å². The van der Waals surface area contributed by atoms with Crippen molar-refractivity contribution in [2.45, 2.75) is 70.2 Å². The van der Waals surface area contributed by atoms with Gasteiger partial charge in [0.05, 0.1) is 6.10 Å². The van der Waals surface area contributed by atoms with Crippen LogP contribution in [0.15, 0.2) is 0 Å². The highest BCUT2D eigenvalue weighted by Crippen LogP contribution is 2.36. The molecule has 23 heavy (non-hydrogen) atoms. The third kappa shape index (κ3) is 5.96. The van der Waals surface area contributed by atoms with Gasteiger partial charge in [-0.05, 0) is 38.5 Å². The number of carboxylic acids is 1. The molecule has 4 unspecified atom stereocenters. The fourth-order valence-corrected chi connectivity index (χ4v) is 3.30. The van der Waals surface area contributed by atoms with E-state index in [-0.39, 0.29) is 30.7 Å². The molecule has 4 atom stereocenters. The predicted molar refractivity (Wildman–Crippen MR) is 84.6 cm³/mol. The highest BCUT2D eigenvalue weighted by Gasteiger charge is 2.37. The summed E-state index contributed by atoms with van der Waals surface area (Å²) in [6, 6.07) is 0. The summed E-state index contributed by atoms with van der Waals surface area (Å²) in [4.78, 5) is 21.7. The molecule has 0 spiro atoms. The number of aliphatic carboxylic acids is 1. The second-order valence-corrected chi connectivity index (χ2v) is 6.32. The van der Waals surface area contributed by atoms with Crippen molar-refractivity contribution in [1.82, 2.24) is 0 Å². The van der Waals surface area contributed by atoms with Crippen molar-refractivity contribution in [2.75, 3.05) is 6.61 Å². The van der Waals surface area contributed by atoms with Crippen LogP contribution in [0.25, 0.3) is 0 Å². The summed E-state index contributed by atoms with van der Waals surface area (Å²) in [6.07, 6.45) is 7.76. The summed E-state index contributed by atoms with van der Waals surface area (Å²) in [5.41, 5.74) is 0. The molecule has 0 aromatic carbocycles. The van der Waals surface area contributed by atoms with Gasteiger partial charge in [0.2, 0.25) is 0 Å². The molecule has 0 aromatic rings. The highest BCUT2D eigenvalue weighted by molar-refractivity contribution is 5.66. The van der Waals surface area contributed by atoms with Crippen LogP contribution in [0.2, 0.25) is 0 Å². The zero-order chi connectivity index (χ0) is 16.5. The number of carbonyl (C=O) groups excluding carboxylic acids is 1. The third-order valence-corrected chi connectivity index (χ3v) is 4.61. The van der Waals surface area contributed by atoms with E-state index in [9.17, 15) is 9.59 Å². The van der Waals surface area contributed by atoms with Crippen molar-refractivity contribution in [3.05, 3.63) is 0 Å². The Morgan fingerprint density at radius 3 is 2.83 bits per heavy atom. The van der Waals surface area contributed by atoms with Gasteiger partial charge in [0.1, 0.15) is 6.29 Å². The number of unbranched alkanes of at least 4 members (excludes halogenated alkanes) is 1. The van der Waals surface area contributed by atoms with Gasteiger partial charge in [0.25, 0.3) is 0 Å². The van der Waals surface area contributed by atoms with Gasteiger partial charge in [0, 0.05) is 37.7 Å². The topological polar surface area (TPSA) is 72.8 Å². The van der Waals surface area contributed by atoms with Gasteiger partial charge in [-0.1, -0.05) is 0 Å². The number of hydrogen-bond donors (Lipinski definition) is 1. The molecule has 1 saturated carbocycles. The number of aldehydes is 1. The number of ether oxygens (including phenoxy) is 2. The van der Waals surface area contributed by atoms with Gasteiger partial charge in [0.15, 0.2) is 6.29 Å². The van der Waals surface area contributed by atoms with Crippen molar-refractivity contribution in [1.29, 1.82) is 0 Å². The molecule has 2 rings (SSSR count). The van der Waals surface area contributed by atoms with Crippen molar-refractivity contribution < 1.29 is 24.2 Å². The number of carboxylic acid groups (broad SMARTS) is 1. The molecule has 0 aromatic heterocycles. The van der Waals surface area contributed by atoms with Crippen molar-refractivity contribution in [2.24, 2.45) is 11.8 Å². The van der Waals surface area contributed by atoms with Crippen molar-refractivity contribution in [3.8, 4) is 11.8 Å². The Morgan fingerprint density at radius 1 is 1.26 bits per heavy atom. The van der Waals surface area contributed by atoms with Crippen LogP contribution in [0.5, 0.6) is 0 Å². The van der Waals surface area contributed by atoms with Crippen LogP contribution in [0.1, 0.15) is 57.8 Å². The molecule has 0 amide bonds. The van der Waals surface area contributed by atoms with Gasteiger partial charge < -0.3 is 19.4 Å². The lowest BCUT2D eigenvalue weighted by Gasteiger charge is -2.29. The van der Waals surface area contributed by atoms with Gasteiger partial charge in [-0.3, -0.25) is 4.79 Å². The van der Waals surface area contributed by atoms with Crippen LogP contribution >= 0.6 is 0 Å². The lowest BCUT2D eigenvalue weighted by atomic mass is 9.92. The predicted octanol–water partition coefficient (Wildman–Crippen LogP) is 2.77. The Morgan fingerprint density at radius 2 is 2.13 bits per heavy atom. The molecule has 0 bridgehead atoms. The maximum absolute atomic E-state index is 11.3. The minimum atomic E-state index is -0.787. The van der Waals surface area contributed by atoms with E-state index in [1.54, 1.807) is 0 Å². The molecule has 1 heterocycles. The first-order chi connectivity index (χ1) is 11.2. The summed E-state index contributed by atoms with van der Waals surface area (Å²) in [7, 11) is 0. The summed E-state index contributed by atoms with van der Waals surface area (Å²) >= 11 is 0. The Bertz CT molecular complexity index is 444. The summed E-state index contributed by atoms with van der Waals surface area (Å²) in [5, 5.41) is 8.58. The van der Waals surface area contributed by atoms with Crippen molar-refractivity contribution in [3.63, 3.8) is 0 Å². The zero-order valence-electron chi connectivity index (χ0n) is 13.5. The fourth-order valence-electron chi connectivity index (χ4n) is 3.30. The number of carbonyl (C=O) groups is 2. The normalized spacial score (nSPS) is 30.4. The van der Waals surface area contributed by atoms with E-state index < -0.39 is 5.97 Å². The monoisotopic (exact) mass is 322 g/mol. The average molecular weight is 322 g/mol. The van der Waals surface area contributed by atoms with Crippen LogP contribution < -0.4 is 0 Å². The molecular weight excluding hydrogens is 296 g/mol. The first-order valence-electron chi connectivity index (χ1n) is 8.60. The second kappa shape index (κ2) is 9.69. The van der Waals surface area contributed by atoms with E-state index >= 15 is 0 Å². The molecule has 0 radical (unpaired) electrons.